The van der Waals surface area contributed by atoms with Crippen molar-refractivity contribution in [2.24, 2.45) is 0 Å². The second-order valence-corrected chi connectivity index (χ2v) is 4.90. The SMILES string of the molecule is CCCC(O)CNCc1cc(OC)c2c(c1)OCCO2. The highest BCUT2D eigenvalue weighted by Crippen LogP contribution is 2.40. The molecule has 0 spiro atoms. The molecule has 5 heteroatoms. The van der Waals surface area contributed by atoms with Gasteiger partial charge in [-0.15, -0.1) is 0 Å². The molecule has 2 N–H and O–H groups in total. The van der Waals surface area contributed by atoms with Crippen LogP contribution < -0.4 is 19.5 Å². The molecule has 0 saturated carbocycles. The van der Waals surface area contributed by atoms with Gasteiger partial charge in [-0.05, 0) is 24.1 Å². The number of aliphatic hydroxyl groups is 1. The maximum absolute atomic E-state index is 9.69. The summed E-state index contributed by atoms with van der Waals surface area (Å²) in [5, 5.41) is 12.9. The summed E-state index contributed by atoms with van der Waals surface area (Å²) in [6, 6.07) is 3.89. The maximum atomic E-state index is 9.69. The van der Waals surface area contributed by atoms with E-state index in [1.54, 1.807) is 7.11 Å². The van der Waals surface area contributed by atoms with Crippen LogP contribution in [0.4, 0.5) is 0 Å². The first kappa shape index (κ1) is 14.9. The van der Waals surface area contributed by atoms with Crippen LogP contribution in [0.1, 0.15) is 25.3 Å². The van der Waals surface area contributed by atoms with Gasteiger partial charge in [-0.25, -0.2) is 0 Å². The molecular formula is C15H23NO4. The molecule has 0 fully saturated rings. The van der Waals surface area contributed by atoms with Crippen molar-refractivity contribution < 1.29 is 19.3 Å². The van der Waals surface area contributed by atoms with Crippen molar-refractivity contribution in [2.75, 3.05) is 26.9 Å². The predicted molar refractivity (Wildman–Crippen MR) is 76.6 cm³/mol. The van der Waals surface area contributed by atoms with Crippen LogP contribution >= 0.6 is 0 Å². The van der Waals surface area contributed by atoms with Gasteiger partial charge in [-0.3, -0.25) is 0 Å². The van der Waals surface area contributed by atoms with E-state index in [0.717, 1.165) is 24.2 Å². The minimum atomic E-state index is -0.292. The van der Waals surface area contributed by atoms with E-state index < -0.39 is 0 Å². The zero-order valence-corrected chi connectivity index (χ0v) is 12.1. The molecule has 0 aromatic heterocycles. The van der Waals surface area contributed by atoms with Crippen LogP contribution in [-0.4, -0.2) is 38.1 Å². The lowest BCUT2D eigenvalue weighted by molar-refractivity contribution is 0.160. The average molecular weight is 281 g/mol. The van der Waals surface area contributed by atoms with E-state index in [-0.39, 0.29) is 6.10 Å². The number of aliphatic hydroxyl groups excluding tert-OH is 1. The van der Waals surface area contributed by atoms with Gasteiger partial charge in [0.15, 0.2) is 11.5 Å². The standard InChI is InChI=1S/C15H23NO4/c1-3-4-12(17)10-16-9-11-7-13(18-2)15-14(8-11)19-5-6-20-15/h7-8,12,16-17H,3-6,9-10H2,1-2H3. The van der Waals surface area contributed by atoms with Gasteiger partial charge in [-0.1, -0.05) is 13.3 Å². The fourth-order valence-corrected chi connectivity index (χ4v) is 2.25. The molecule has 2 rings (SSSR count). The second-order valence-electron chi connectivity index (χ2n) is 4.90. The third-order valence-corrected chi connectivity index (χ3v) is 3.22. The van der Waals surface area contributed by atoms with Crippen LogP contribution in [-0.2, 0) is 6.54 Å². The molecule has 1 aliphatic heterocycles. The van der Waals surface area contributed by atoms with Gasteiger partial charge in [0, 0.05) is 13.1 Å². The third-order valence-electron chi connectivity index (χ3n) is 3.22. The van der Waals surface area contributed by atoms with E-state index in [4.69, 9.17) is 14.2 Å². The quantitative estimate of drug-likeness (QED) is 0.797. The molecule has 20 heavy (non-hydrogen) atoms. The Morgan fingerprint density at radius 1 is 1.35 bits per heavy atom. The predicted octanol–water partition coefficient (Wildman–Crippen LogP) is 1.72. The van der Waals surface area contributed by atoms with Crippen molar-refractivity contribution in [1.29, 1.82) is 0 Å². The monoisotopic (exact) mass is 281 g/mol. The molecule has 5 nitrogen and oxygen atoms in total. The van der Waals surface area contributed by atoms with E-state index >= 15 is 0 Å². The highest BCUT2D eigenvalue weighted by atomic mass is 16.6. The summed E-state index contributed by atoms with van der Waals surface area (Å²) in [5.41, 5.74) is 1.05. The van der Waals surface area contributed by atoms with Crippen LogP contribution in [0.5, 0.6) is 17.2 Å². The zero-order chi connectivity index (χ0) is 14.4. The topological polar surface area (TPSA) is 60.0 Å². The van der Waals surface area contributed by atoms with Crippen LogP contribution in [0.15, 0.2) is 12.1 Å². The highest BCUT2D eigenvalue weighted by molar-refractivity contribution is 5.54. The van der Waals surface area contributed by atoms with Crippen molar-refractivity contribution in [3.8, 4) is 17.2 Å². The van der Waals surface area contributed by atoms with Gasteiger partial charge >= 0.3 is 0 Å². The van der Waals surface area contributed by atoms with Gasteiger partial charge < -0.3 is 24.6 Å². The first-order valence-electron chi connectivity index (χ1n) is 7.10. The first-order chi connectivity index (χ1) is 9.74. The first-order valence-corrected chi connectivity index (χ1v) is 7.10. The number of nitrogens with one attached hydrogen (secondary N) is 1. The van der Waals surface area contributed by atoms with Crippen molar-refractivity contribution in [1.82, 2.24) is 5.32 Å². The summed E-state index contributed by atoms with van der Waals surface area (Å²) in [6.07, 6.45) is 1.51. The lowest BCUT2D eigenvalue weighted by atomic mass is 10.1. The number of fused-ring (bicyclic) bond motifs is 1. The number of rotatable bonds is 7. The Hall–Kier alpha value is -1.46. The molecule has 0 bridgehead atoms. The number of benzene rings is 1. The molecule has 0 aliphatic carbocycles. The number of ether oxygens (including phenoxy) is 3. The Balaban J connectivity index is 1.98. The van der Waals surface area contributed by atoms with Crippen molar-refractivity contribution >= 4 is 0 Å². The van der Waals surface area contributed by atoms with Crippen LogP contribution in [0.2, 0.25) is 0 Å². The molecular weight excluding hydrogens is 258 g/mol. The van der Waals surface area contributed by atoms with Gasteiger partial charge in [0.2, 0.25) is 5.75 Å². The summed E-state index contributed by atoms with van der Waals surface area (Å²) in [6.45, 7) is 4.42. The van der Waals surface area contributed by atoms with E-state index in [2.05, 4.69) is 12.2 Å². The summed E-state index contributed by atoms with van der Waals surface area (Å²) in [7, 11) is 1.62. The summed E-state index contributed by atoms with van der Waals surface area (Å²) in [4.78, 5) is 0. The van der Waals surface area contributed by atoms with Crippen LogP contribution in [0.3, 0.4) is 0 Å². The Morgan fingerprint density at radius 3 is 2.90 bits per heavy atom. The lowest BCUT2D eigenvalue weighted by Crippen LogP contribution is -2.26. The van der Waals surface area contributed by atoms with Gasteiger partial charge in [0.25, 0.3) is 0 Å². The fourth-order valence-electron chi connectivity index (χ4n) is 2.25. The lowest BCUT2D eigenvalue weighted by Gasteiger charge is -2.21. The van der Waals surface area contributed by atoms with Crippen LogP contribution in [0.25, 0.3) is 0 Å². The van der Waals surface area contributed by atoms with Crippen molar-refractivity contribution in [3.63, 3.8) is 0 Å². The van der Waals surface area contributed by atoms with Crippen LogP contribution in [0, 0.1) is 0 Å². The summed E-state index contributed by atoms with van der Waals surface area (Å²) >= 11 is 0. The highest BCUT2D eigenvalue weighted by Gasteiger charge is 2.18. The molecule has 0 amide bonds. The average Bonchev–Trinajstić information content (AvgIpc) is 2.46. The zero-order valence-electron chi connectivity index (χ0n) is 12.1. The largest absolute Gasteiger partial charge is 0.493 e. The molecule has 1 atom stereocenters. The third kappa shape index (κ3) is 3.77. The molecule has 1 unspecified atom stereocenters. The molecule has 112 valence electrons. The van der Waals surface area contributed by atoms with Gasteiger partial charge in [0.05, 0.1) is 13.2 Å². The molecule has 1 aromatic carbocycles. The minimum absolute atomic E-state index is 0.292. The van der Waals surface area contributed by atoms with E-state index in [1.807, 2.05) is 12.1 Å². The smallest absolute Gasteiger partial charge is 0.203 e. The molecule has 1 heterocycles. The minimum Gasteiger partial charge on any atom is -0.493 e. The Kier molecular flexibility index (Phi) is 5.49. The number of hydrogen-bond acceptors (Lipinski definition) is 5. The van der Waals surface area contributed by atoms with Gasteiger partial charge in [0.1, 0.15) is 13.2 Å². The summed E-state index contributed by atoms with van der Waals surface area (Å²) in [5.74, 6) is 2.09. The van der Waals surface area contributed by atoms with E-state index in [0.29, 0.717) is 37.8 Å². The molecule has 1 aliphatic rings. The molecule has 0 saturated heterocycles. The van der Waals surface area contributed by atoms with Gasteiger partial charge in [-0.2, -0.15) is 0 Å². The van der Waals surface area contributed by atoms with E-state index in [1.165, 1.54) is 0 Å². The second kappa shape index (κ2) is 7.36. The molecule has 1 aromatic rings. The van der Waals surface area contributed by atoms with E-state index in [9.17, 15) is 5.11 Å². The normalized spacial score (nSPS) is 14.9. The Labute approximate surface area is 119 Å². The fraction of sp³-hybridized carbons (Fsp3) is 0.600. The Morgan fingerprint density at radius 2 is 2.15 bits per heavy atom. The number of hydrogen-bond donors (Lipinski definition) is 2. The Bertz CT molecular complexity index is 419. The number of methoxy groups -OCH3 is 1. The maximum Gasteiger partial charge on any atom is 0.203 e. The van der Waals surface area contributed by atoms with Crippen molar-refractivity contribution in [3.05, 3.63) is 17.7 Å². The van der Waals surface area contributed by atoms with Crippen molar-refractivity contribution in [2.45, 2.75) is 32.4 Å². The summed E-state index contributed by atoms with van der Waals surface area (Å²) < 4.78 is 16.5. The molecule has 0 radical (unpaired) electrons.